The van der Waals surface area contributed by atoms with E-state index in [-0.39, 0.29) is 4.90 Å². The summed E-state index contributed by atoms with van der Waals surface area (Å²) in [5, 5.41) is 8.32. The highest BCUT2D eigenvalue weighted by atomic mass is 32.2. The summed E-state index contributed by atoms with van der Waals surface area (Å²) < 4.78 is 35.9. The van der Waals surface area contributed by atoms with Crippen LogP contribution in [0.3, 0.4) is 0 Å². The van der Waals surface area contributed by atoms with Gasteiger partial charge in [-0.3, -0.25) is 0 Å². The molecule has 6 heteroatoms. The predicted octanol–water partition coefficient (Wildman–Crippen LogP) is 1.15. The SMILES string of the molecule is Cc1ccccc1S(=O)(=O)C(F)C(=O)O. The Labute approximate surface area is 86.3 Å². The van der Waals surface area contributed by atoms with Gasteiger partial charge in [0.25, 0.3) is 0 Å². The number of halogens is 1. The molecule has 0 radical (unpaired) electrons. The molecule has 0 heterocycles. The van der Waals surface area contributed by atoms with Crippen LogP contribution in [0.15, 0.2) is 29.2 Å². The van der Waals surface area contributed by atoms with E-state index in [0.29, 0.717) is 5.56 Å². The smallest absolute Gasteiger partial charge is 0.354 e. The third kappa shape index (κ3) is 2.15. The van der Waals surface area contributed by atoms with Crippen LogP contribution in [0.4, 0.5) is 4.39 Å². The molecule has 0 aliphatic rings. The van der Waals surface area contributed by atoms with Crippen molar-refractivity contribution >= 4 is 15.8 Å². The normalized spacial score (nSPS) is 13.5. The predicted molar refractivity (Wildman–Crippen MR) is 50.9 cm³/mol. The van der Waals surface area contributed by atoms with Gasteiger partial charge in [-0.2, -0.15) is 0 Å². The Kier molecular flexibility index (Phi) is 3.09. The van der Waals surface area contributed by atoms with Crippen LogP contribution in [0.25, 0.3) is 0 Å². The Morgan fingerprint density at radius 1 is 1.40 bits per heavy atom. The van der Waals surface area contributed by atoms with E-state index in [0.717, 1.165) is 0 Å². The molecular weight excluding hydrogens is 223 g/mol. The van der Waals surface area contributed by atoms with E-state index in [9.17, 15) is 17.6 Å². The van der Waals surface area contributed by atoms with Crippen LogP contribution in [0.2, 0.25) is 0 Å². The minimum Gasteiger partial charge on any atom is -0.478 e. The lowest BCUT2D eigenvalue weighted by molar-refractivity contribution is -0.139. The number of benzene rings is 1. The molecule has 1 rings (SSSR count). The second-order valence-electron chi connectivity index (χ2n) is 2.96. The first kappa shape index (κ1) is 11.6. The number of carboxylic acid groups (broad SMARTS) is 1. The topological polar surface area (TPSA) is 71.4 Å². The van der Waals surface area contributed by atoms with Crippen LogP contribution in [-0.4, -0.2) is 25.0 Å². The fraction of sp³-hybridized carbons (Fsp3) is 0.222. The molecule has 1 N–H and O–H groups in total. The first-order chi connectivity index (χ1) is 6.87. The molecule has 0 aliphatic heterocycles. The third-order valence-electron chi connectivity index (χ3n) is 1.87. The van der Waals surface area contributed by atoms with Gasteiger partial charge in [-0.15, -0.1) is 0 Å². The molecule has 0 spiro atoms. The summed E-state index contributed by atoms with van der Waals surface area (Å²) in [6, 6.07) is 5.65. The monoisotopic (exact) mass is 232 g/mol. The number of carboxylic acids is 1. The fourth-order valence-corrected chi connectivity index (χ4v) is 2.39. The molecule has 1 aromatic carbocycles. The van der Waals surface area contributed by atoms with Gasteiger partial charge < -0.3 is 5.11 Å². The van der Waals surface area contributed by atoms with E-state index in [1.165, 1.54) is 25.1 Å². The fourth-order valence-electron chi connectivity index (χ4n) is 1.12. The summed E-state index contributed by atoms with van der Waals surface area (Å²) in [4.78, 5) is 9.98. The van der Waals surface area contributed by atoms with Crippen molar-refractivity contribution in [2.45, 2.75) is 17.3 Å². The van der Waals surface area contributed by atoms with Gasteiger partial charge in [0.15, 0.2) is 0 Å². The van der Waals surface area contributed by atoms with E-state index in [4.69, 9.17) is 5.11 Å². The Bertz CT molecular complexity index is 481. The maximum atomic E-state index is 13.0. The largest absolute Gasteiger partial charge is 0.478 e. The molecule has 0 saturated heterocycles. The first-order valence-corrected chi connectivity index (χ1v) is 5.58. The van der Waals surface area contributed by atoms with Crippen molar-refractivity contribution in [3.05, 3.63) is 29.8 Å². The van der Waals surface area contributed by atoms with Crippen LogP contribution in [0.1, 0.15) is 5.56 Å². The van der Waals surface area contributed by atoms with Crippen LogP contribution in [-0.2, 0) is 14.6 Å². The number of sulfone groups is 1. The minimum absolute atomic E-state index is 0.292. The molecule has 0 fully saturated rings. The quantitative estimate of drug-likeness (QED) is 0.848. The molecule has 4 nitrogen and oxygen atoms in total. The molecule has 0 aromatic heterocycles. The van der Waals surface area contributed by atoms with Gasteiger partial charge in [-0.05, 0) is 18.6 Å². The highest BCUT2D eigenvalue weighted by molar-refractivity contribution is 7.92. The van der Waals surface area contributed by atoms with Crippen LogP contribution in [0.5, 0.6) is 0 Å². The van der Waals surface area contributed by atoms with Gasteiger partial charge in [0.1, 0.15) is 0 Å². The minimum atomic E-state index is -4.44. The van der Waals surface area contributed by atoms with Crippen molar-refractivity contribution in [3.63, 3.8) is 0 Å². The molecule has 1 aromatic rings. The zero-order valence-electron chi connectivity index (χ0n) is 7.84. The van der Waals surface area contributed by atoms with Crippen molar-refractivity contribution in [1.82, 2.24) is 0 Å². The van der Waals surface area contributed by atoms with Crippen LogP contribution >= 0.6 is 0 Å². The summed E-state index contributed by atoms with van der Waals surface area (Å²) in [7, 11) is -4.44. The first-order valence-electron chi connectivity index (χ1n) is 4.04. The molecule has 0 bridgehead atoms. The lowest BCUT2D eigenvalue weighted by Crippen LogP contribution is -2.26. The molecule has 0 saturated carbocycles. The summed E-state index contributed by atoms with van der Waals surface area (Å²) in [6.45, 7) is 1.47. The van der Waals surface area contributed by atoms with Crippen molar-refractivity contribution in [3.8, 4) is 0 Å². The zero-order valence-corrected chi connectivity index (χ0v) is 8.66. The molecule has 0 aliphatic carbocycles. The standard InChI is InChI=1S/C9H9FO4S/c1-6-4-2-3-5-7(6)15(13,14)8(10)9(11)12/h2-5,8H,1H3,(H,11,12). The van der Waals surface area contributed by atoms with Crippen molar-refractivity contribution < 1.29 is 22.7 Å². The second kappa shape index (κ2) is 3.98. The van der Waals surface area contributed by atoms with Gasteiger partial charge in [0, 0.05) is 0 Å². The van der Waals surface area contributed by atoms with Gasteiger partial charge in [-0.25, -0.2) is 17.6 Å². The summed E-state index contributed by atoms with van der Waals surface area (Å²) >= 11 is 0. The van der Waals surface area contributed by atoms with Crippen molar-refractivity contribution in [2.24, 2.45) is 0 Å². The Hall–Kier alpha value is -1.43. The maximum absolute atomic E-state index is 13.0. The molecular formula is C9H9FO4S. The van der Waals surface area contributed by atoms with Crippen molar-refractivity contribution in [2.75, 3.05) is 0 Å². The van der Waals surface area contributed by atoms with E-state index in [1.54, 1.807) is 6.07 Å². The molecule has 1 atom stereocenters. The lowest BCUT2D eigenvalue weighted by Gasteiger charge is -2.07. The molecule has 15 heavy (non-hydrogen) atoms. The van der Waals surface area contributed by atoms with Gasteiger partial charge in [-0.1, -0.05) is 18.2 Å². The van der Waals surface area contributed by atoms with E-state index >= 15 is 0 Å². The number of carbonyl (C=O) groups is 1. The number of alkyl halides is 1. The van der Waals surface area contributed by atoms with Gasteiger partial charge in [0.05, 0.1) is 4.90 Å². The van der Waals surface area contributed by atoms with E-state index < -0.39 is 21.3 Å². The van der Waals surface area contributed by atoms with Gasteiger partial charge >= 0.3 is 11.5 Å². The highest BCUT2D eigenvalue weighted by Crippen LogP contribution is 2.20. The van der Waals surface area contributed by atoms with Gasteiger partial charge in [0.2, 0.25) is 9.84 Å². The highest BCUT2D eigenvalue weighted by Gasteiger charge is 2.34. The summed E-state index contributed by atoms with van der Waals surface area (Å²) in [6.07, 6.45) is 0. The Morgan fingerprint density at radius 2 is 1.93 bits per heavy atom. The Morgan fingerprint density at radius 3 is 2.40 bits per heavy atom. The van der Waals surface area contributed by atoms with Crippen LogP contribution in [0, 0.1) is 6.92 Å². The average Bonchev–Trinajstić information content (AvgIpc) is 2.16. The lowest BCUT2D eigenvalue weighted by atomic mass is 10.2. The zero-order chi connectivity index (χ0) is 11.6. The number of rotatable bonds is 3. The Balaban J connectivity index is 3.30. The summed E-state index contributed by atoms with van der Waals surface area (Å²) in [5.41, 5.74) is -2.60. The maximum Gasteiger partial charge on any atom is 0.354 e. The molecule has 0 amide bonds. The van der Waals surface area contributed by atoms with Crippen molar-refractivity contribution in [1.29, 1.82) is 0 Å². The second-order valence-corrected chi connectivity index (χ2v) is 4.91. The van der Waals surface area contributed by atoms with E-state index in [1.807, 2.05) is 0 Å². The van der Waals surface area contributed by atoms with Crippen LogP contribution < -0.4 is 0 Å². The molecule has 82 valence electrons. The average molecular weight is 232 g/mol. The number of aliphatic carboxylic acids is 1. The summed E-state index contributed by atoms with van der Waals surface area (Å²) in [5.74, 6) is -2.00. The molecule has 1 unspecified atom stereocenters. The third-order valence-corrected chi connectivity index (χ3v) is 3.68. The number of hydrogen-bond acceptors (Lipinski definition) is 3. The number of hydrogen-bond donors (Lipinski definition) is 1. The number of aryl methyl sites for hydroxylation is 1. The van der Waals surface area contributed by atoms with E-state index in [2.05, 4.69) is 0 Å².